The van der Waals surface area contributed by atoms with Gasteiger partial charge in [0.05, 0.1) is 0 Å². The number of nitrogens with zero attached hydrogens (tertiary/aromatic N) is 2. The van der Waals surface area contributed by atoms with E-state index in [0.29, 0.717) is 0 Å². The van der Waals surface area contributed by atoms with E-state index >= 15 is 0 Å². The van der Waals surface area contributed by atoms with E-state index in [0.717, 1.165) is 26.2 Å². The molecule has 2 unspecified atom stereocenters. The van der Waals surface area contributed by atoms with Crippen molar-refractivity contribution in [2.24, 2.45) is 0 Å². The molecule has 0 saturated carbocycles. The van der Waals surface area contributed by atoms with Crippen molar-refractivity contribution in [1.29, 1.82) is 0 Å². The van der Waals surface area contributed by atoms with Crippen molar-refractivity contribution in [3.05, 3.63) is 0 Å². The van der Waals surface area contributed by atoms with Crippen LogP contribution in [0.5, 0.6) is 0 Å². The largest absolute Gasteiger partial charge is 2.00 e. The summed E-state index contributed by atoms with van der Waals surface area (Å²) < 4.78 is 0. The first-order valence-corrected chi connectivity index (χ1v) is 20.1. The molecule has 7 heteroatoms. The van der Waals surface area contributed by atoms with E-state index in [1.807, 2.05) is 13.8 Å². The number of carbonyl (C=O) groups is 2. The van der Waals surface area contributed by atoms with Gasteiger partial charge in [-0.25, -0.2) is 0 Å². The molecule has 0 aliphatic carbocycles. The van der Waals surface area contributed by atoms with E-state index in [-0.39, 0.29) is 62.7 Å². The quantitative estimate of drug-likeness (QED) is 0.0496. The van der Waals surface area contributed by atoms with Crippen molar-refractivity contribution in [2.45, 2.75) is 221 Å². The predicted octanol–water partition coefficient (Wildman–Crippen LogP) is 8.70. The van der Waals surface area contributed by atoms with E-state index in [9.17, 15) is 19.8 Å². The smallest absolute Gasteiger partial charge is 0.550 e. The molecule has 0 aromatic rings. The summed E-state index contributed by atoms with van der Waals surface area (Å²) in [6, 6.07) is 0.206. The third-order valence-electron chi connectivity index (χ3n) is 9.37. The van der Waals surface area contributed by atoms with Crippen molar-refractivity contribution >= 4 is 49.7 Å². The Balaban J connectivity index is -0.000000807. The molecule has 0 heterocycles. The second-order valence-electron chi connectivity index (χ2n) is 14.0. The Morgan fingerprint density at radius 1 is 0.404 bits per heavy atom. The summed E-state index contributed by atoms with van der Waals surface area (Å²) in [4.78, 5) is 26.5. The molecule has 0 bridgehead atoms. The van der Waals surface area contributed by atoms with Gasteiger partial charge >= 0.3 is 37.7 Å². The maximum atomic E-state index is 10.9. The van der Waals surface area contributed by atoms with Gasteiger partial charge in [-0.3, -0.25) is 0 Å². The average Bonchev–Trinajstić information content (AvgIpc) is 3.01. The number of rotatable bonds is 34. The SMILES string of the molecule is CCCCCCCCN(CCCCCCCC)C(C)CC(=O)[O-].CCCCCCCCN(CCCCCCCC)C(C)CC(=O)[O-].[Ca+2]. The van der Waals surface area contributed by atoms with Gasteiger partial charge in [0, 0.05) is 36.9 Å². The van der Waals surface area contributed by atoms with E-state index < -0.39 is 11.9 Å². The van der Waals surface area contributed by atoms with Gasteiger partial charge in [0.2, 0.25) is 0 Å². The van der Waals surface area contributed by atoms with Crippen LogP contribution in [0.3, 0.4) is 0 Å². The fourth-order valence-corrected chi connectivity index (χ4v) is 6.23. The molecule has 6 nitrogen and oxygen atoms in total. The molecule has 0 N–H and O–H groups in total. The Kier molecular flexibility index (Phi) is 44.4. The molecular formula is C40H80CaN2O4. The van der Waals surface area contributed by atoms with Gasteiger partial charge in [-0.2, -0.15) is 0 Å². The molecule has 276 valence electrons. The van der Waals surface area contributed by atoms with Gasteiger partial charge in [0.1, 0.15) is 0 Å². The maximum absolute atomic E-state index is 10.9. The van der Waals surface area contributed by atoms with Crippen LogP contribution in [-0.2, 0) is 9.59 Å². The topological polar surface area (TPSA) is 86.7 Å². The Hall–Kier alpha value is 0.120. The standard InChI is InChI=1S/2C20H41NO2.Ca/c2*1-4-6-8-10-12-14-16-21(19(3)18-20(22)23)17-15-13-11-9-7-5-2;/h2*19H,4-18H2,1-3H3,(H,22,23);/q;;+2/p-2. The molecule has 0 aliphatic rings. The number of carbonyl (C=O) groups excluding carboxylic acids is 2. The first-order valence-electron chi connectivity index (χ1n) is 20.1. The monoisotopic (exact) mass is 693 g/mol. The zero-order valence-electron chi connectivity index (χ0n) is 32.6. The van der Waals surface area contributed by atoms with E-state index in [2.05, 4.69) is 37.5 Å². The molecular weight excluding hydrogens is 613 g/mol. The minimum absolute atomic E-state index is 0. The van der Waals surface area contributed by atoms with Crippen LogP contribution in [0, 0.1) is 0 Å². The zero-order valence-corrected chi connectivity index (χ0v) is 34.8. The number of carboxylic acid groups (broad SMARTS) is 2. The molecule has 0 rings (SSSR count). The van der Waals surface area contributed by atoms with Crippen LogP contribution in [0.4, 0.5) is 0 Å². The molecule has 0 radical (unpaired) electrons. The first kappa shape index (κ1) is 51.5. The molecule has 0 aromatic carbocycles. The summed E-state index contributed by atoms with van der Waals surface area (Å²) in [5, 5.41) is 21.7. The number of hydrogen-bond acceptors (Lipinski definition) is 6. The molecule has 0 spiro atoms. The molecule has 0 saturated heterocycles. The third-order valence-corrected chi connectivity index (χ3v) is 9.37. The molecule has 47 heavy (non-hydrogen) atoms. The summed E-state index contributed by atoms with van der Waals surface area (Å²) in [5.74, 6) is -1.85. The van der Waals surface area contributed by atoms with Gasteiger partial charge in [-0.1, -0.05) is 156 Å². The van der Waals surface area contributed by atoms with Crippen LogP contribution < -0.4 is 10.2 Å². The van der Waals surface area contributed by atoms with Crippen molar-refractivity contribution in [3.8, 4) is 0 Å². The summed E-state index contributed by atoms with van der Waals surface area (Å²) in [5.41, 5.74) is 0. The van der Waals surface area contributed by atoms with Crippen LogP contribution in [-0.4, -0.2) is 97.7 Å². The van der Waals surface area contributed by atoms with Crippen molar-refractivity contribution in [3.63, 3.8) is 0 Å². The van der Waals surface area contributed by atoms with Gasteiger partial charge in [0.25, 0.3) is 0 Å². The predicted molar refractivity (Wildman–Crippen MR) is 201 cm³/mol. The van der Waals surface area contributed by atoms with Gasteiger partial charge in [-0.05, 0) is 65.7 Å². The second kappa shape index (κ2) is 40.5. The van der Waals surface area contributed by atoms with Gasteiger partial charge < -0.3 is 29.6 Å². The van der Waals surface area contributed by atoms with Crippen LogP contribution in [0.1, 0.15) is 208 Å². The average molecular weight is 693 g/mol. The van der Waals surface area contributed by atoms with Gasteiger partial charge in [-0.15, -0.1) is 0 Å². The van der Waals surface area contributed by atoms with Crippen molar-refractivity contribution in [1.82, 2.24) is 9.80 Å². The Morgan fingerprint density at radius 2 is 0.596 bits per heavy atom. The molecule has 2 atom stereocenters. The summed E-state index contributed by atoms with van der Waals surface area (Å²) in [6.45, 7) is 17.2. The Morgan fingerprint density at radius 3 is 0.787 bits per heavy atom. The molecule has 0 aromatic heterocycles. The van der Waals surface area contributed by atoms with Crippen molar-refractivity contribution in [2.75, 3.05) is 26.2 Å². The summed E-state index contributed by atoms with van der Waals surface area (Å²) >= 11 is 0. The maximum Gasteiger partial charge on any atom is 2.00 e. The molecule has 0 fully saturated rings. The third kappa shape index (κ3) is 38.8. The minimum atomic E-state index is -0.923. The fraction of sp³-hybridized carbons (Fsp3) is 0.950. The summed E-state index contributed by atoms with van der Waals surface area (Å²) in [6.07, 6.45) is 31.2. The first-order chi connectivity index (χ1) is 22.2. The Labute approximate surface area is 324 Å². The van der Waals surface area contributed by atoms with Gasteiger partial charge in [0.15, 0.2) is 0 Å². The number of hydrogen-bond donors (Lipinski definition) is 0. The van der Waals surface area contributed by atoms with Crippen LogP contribution >= 0.6 is 0 Å². The fourth-order valence-electron chi connectivity index (χ4n) is 6.23. The zero-order chi connectivity index (χ0) is 34.7. The number of aliphatic carboxylic acids is 2. The van der Waals surface area contributed by atoms with Crippen molar-refractivity contribution < 1.29 is 19.8 Å². The van der Waals surface area contributed by atoms with E-state index in [1.165, 1.54) is 154 Å². The minimum Gasteiger partial charge on any atom is -0.550 e. The number of unbranched alkanes of at least 4 members (excludes halogenated alkanes) is 20. The normalized spacial score (nSPS) is 12.4. The van der Waals surface area contributed by atoms with Crippen LogP contribution in [0.25, 0.3) is 0 Å². The van der Waals surface area contributed by atoms with Crippen LogP contribution in [0.15, 0.2) is 0 Å². The number of carboxylic acids is 2. The molecule has 0 aliphatic heterocycles. The van der Waals surface area contributed by atoms with E-state index in [4.69, 9.17) is 0 Å². The van der Waals surface area contributed by atoms with Crippen LogP contribution in [0.2, 0.25) is 0 Å². The van der Waals surface area contributed by atoms with E-state index in [1.54, 1.807) is 0 Å². The second-order valence-corrected chi connectivity index (χ2v) is 14.0. The Bertz CT molecular complexity index is 566. The summed E-state index contributed by atoms with van der Waals surface area (Å²) in [7, 11) is 0. The molecule has 0 amide bonds.